The predicted octanol–water partition coefficient (Wildman–Crippen LogP) is 3.96. The highest BCUT2D eigenvalue weighted by Gasteiger charge is 2.09. The van der Waals surface area contributed by atoms with Crippen molar-refractivity contribution < 1.29 is 0 Å². The highest BCUT2D eigenvalue weighted by molar-refractivity contribution is 7.71. The van der Waals surface area contributed by atoms with Crippen LogP contribution in [0.25, 0.3) is 11.4 Å². The summed E-state index contributed by atoms with van der Waals surface area (Å²) in [5.74, 6) is 0.874. The molecule has 1 heterocycles. The molecule has 0 unspecified atom stereocenters. The van der Waals surface area contributed by atoms with Gasteiger partial charge < -0.3 is 0 Å². The zero-order chi connectivity index (χ0) is 13.9. The number of nitrogens with zero attached hydrogens (tertiary/aromatic N) is 2. The van der Waals surface area contributed by atoms with E-state index in [-0.39, 0.29) is 0 Å². The lowest BCUT2D eigenvalue weighted by molar-refractivity contribution is 0.785. The van der Waals surface area contributed by atoms with E-state index in [1.807, 2.05) is 47.0 Å². The molecule has 3 rings (SSSR count). The fourth-order valence-electron chi connectivity index (χ4n) is 2.23. The van der Waals surface area contributed by atoms with Crippen molar-refractivity contribution in [1.29, 1.82) is 0 Å². The topological polar surface area (TPSA) is 33.6 Å². The largest absolute Gasteiger partial charge is 0.296 e. The number of aryl methyl sites for hydroxylation is 1. The molecule has 2 aromatic carbocycles. The monoisotopic (exact) mass is 281 g/mol. The number of aromatic nitrogens is 3. The molecule has 0 fully saturated rings. The highest BCUT2D eigenvalue weighted by Crippen LogP contribution is 2.19. The Bertz CT molecular complexity index is 772. The van der Waals surface area contributed by atoms with Crippen LogP contribution in [-0.4, -0.2) is 14.8 Å². The average Bonchev–Trinajstić information content (AvgIpc) is 2.84. The first-order valence-electron chi connectivity index (χ1n) is 6.51. The van der Waals surface area contributed by atoms with Crippen LogP contribution in [0.15, 0.2) is 54.6 Å². The summed E-state index contributed by atoms with van der Waals surface area (Å²) in [6.07, 6.45) is 0. The molecular weight excluding hydrogens is 266 g/mol. The lowest BCUT2D eigenvalue weighted by atomic mass is 10.1. The minimum absolute atomic E-state index is 0.645. The molecule has 0 amide bonds. The molecule has 1 aromatic heterocycles. The number of rotatable bonds is 3. The molecule has 0 atom stereocenters. The van der Waals surface area contributed by atoms with Gasteiger partial charge in [-0.2, -0.15) is 5.10 Å². The second-order valence-corrected chi connectivity index (χ2v) is 5.12. The number of hydrogen-bond acceptors (Lipinski definition) is 2. The van der Waals surface area contributed by atoms with Gasteiger partial charge in [-0.25, -0.2) is 0 Å². The van der Waals surface area contributed by atoms with Crippen molar-refractivity contribution in [2.45, 2.75) is 13.5 Å². The van der Waals surface area contributed by atoms with Crippen LogP contribution >= 0.6 is 12.2 Å². The van der Waals surface area contributed by atoms with Crippen LogP contribution in [0.2, 0.25) is 0 Å². The van der Waals surface area contributed by atoms with Crippen LogP contribution in [0.1, 0.15) is 11.1 Å². The van der Waals surface area contributed by atoms with E-state index in [1.54, 1.807) is 0 Å². The molecule has 20 heavy (non-hydrogen) atoms. The minimum Gasteiger partial charge on any atom is -0.296 e. The Balaban J connectivity index is 2.05. The van der Waals surface area contributed by atoms with Gasteiger partial charge in [-0.3, -0.25) is 9.67 Å². The van der Waals surface area contributed by atoms with E-state index in [9.17, 15) is 0 Å². The van der Waals surface area contributed by atoms with E-state index in [0.717, 1.165) is 17.9 Å². The summed E-state index contributed by atoms with van der Waals surface area (Å²) in [6, 6.07) is 18.4. The van der Waals surface area contributed by atoms with E-state index >= 15 is 0 Å². The van der Waals surface area contributed by atoms with Gasteiger partial charge in [0.05, 0.1) is 6.54 Å². The summed E-state index contributed by atoms with van der Waals surface area (Å²) in [5.41, 5.74) is 3.57. The molecule has 0 saturated carbocycles. The molecule has 0 spiro atoms. The Hall–Kier alpha value is -2.20. The van der Waals surface area contributed by atoms with Gasteiger partial charge in [-0.05, 0) is 30.3 Å². The van der Waals surface area contributed by atoms with Crippen LogP contribution in [0, 0.1) is 11.7 Å². The first kappa shape index (κ1) is 12.8. The number of H-pyrrole nitrogens is 1. The van der Waals surface area contributed by atoms with Gasteiger partial charge in [-0.15, -0.1) is 0 Å². The molecule has 100 valence electrons. The fraction of sp³-hybridized carbons (Fsp3) is 0.125. The van der Waals surface area contributed by atoms with Crippen LogP contribution < -0.4 is 0 Å². The normalized spacial score (nSPS) is 10.7. The molecular formula is C16H15N3S. The van der Waals surface area contributed by atoms with Crippen LogP contribution in [-0.2, 0) is 6.54 Å². The van der Waals surface area contributed by atoms with E-state index in [0.29, 0.717) is 4.77 Å². The number of nitrogens with one attached hydrogen (secondary N) is 1. The predicted molar refractivity (Wildman–Crippen MR) is 83.1 cm³/mol. The summed E-state index contributed by atoms with van der Waals surface area (Å²) < 4.78 is 2.68. The smallest absolute Gasteiger partial charge is 0.195 e. The summed E-state index contributed by atoms with van der Waals surface area (Å²) in [4.78, 5) is 0. The zero-order valence-electron chi connectivity index (χ0n) is 11.2. The minimum atomic E-state index is 0.645. The quantitative estimate of drug-likeness (QED) is 0.737. The SMILES string of the molecule is Cc1ccccc1Cn1c(-c2ccccc2)n[nH]c1=S. The summed E-state index contributed by atoms with van der Waals surface area (Å²) in [6.45, 7) is 2.84. The third kappa shape index (κ3) is 2.42. The van der Waals surface area contributed by atoms with Crippen molar-refractivity contribution >= 4 is 12.2 Å². The Morgan fingerprint density at radius 2 is 1.75 bits per heavy atom. The van der Waals surface area contributed by atoms with Crippen molar-refractivity contribution in [3.05, 3.63) is 70.5 Å². The van der Waals surface area contributed by atoms with Crippen LogP contribution in [0.3, 0.4) is 0 Å². The van der Waals surface area contributed by atoms with Gasteiger partial charge in [0.25, 0.3) is 0 Å². The Kier molecular flexibility index (Phi) is 3.48. The summed E-state index contributed by atoms with van der Waals surface area (Å²) >= 11 is 5.36. The molecule has 0 aliphatic carbocycles. The number of hydrogen-bond donors (Lipinski definition) is 1. The van der Waals surface area contributed by atoms with Gasteiger partial charge >= 0.3 is 0 Å². The average molecular weight is 281 g/mol. The van der Waals surface area contributed by atoms with Crippen LogP contribution in [0.5, 0.6) is 0 Å². The molecule has 0 aliphatic heterocycles. The van der Waals surface area contributed by atoms with Crippen molar-refractivity contribution in [2.24, 2.45) is 0 Å². The fourth-order valence-corrected chi connectivity index (χ4v) is 2.43. The molecule has 3 nitrogen and oxygen atoms in total. The maximum Gasteiger partial charge on any atom is 0.195 e. The summed E-state index contributed by atoms with van der Waals surface area (Å²) in [5, 5.41) is 7.25. The molecule has 0 bridgehead atoms. The lowest BCUT2D eigenvalue weighted by Gasteiger charge is -2.09. The molecule has 4 heteroatoms. The molecule has 0 aliphatic rings. The van der Waals surface area contributed by atoms with Gasteiger partial charge in [0, 0.05) is 5.56 Å². The number of aromatic amines is 1. The molecule has 1 N–H and O–H groups in total. The van der Waals surface area contributed by atoms with E-state index in [2.05, 4.69) is 29.3 Å². The molecule has 0 saturated heterocycles. The summed E-state index contributed by atoms with van der Waals surface area (Å²) in [7, 11) is 0. The first-order chi connectivity index (χ1) is 9.75. The standard InChI is InChI=1S/C16H15N3S/c1-12-7-5-6-10-14(12)11-19-15(17-18-16(19)20)13-8-3-2-4-9-13/h2-10H,11H2,1H3,(H,18,20). The molecule has 0 radical (unpaired) electrons. The van der Waals surface area contributed by atoms with E-state index in [4.69, 9.17) is 12.2 Å². The highest BCUT2D eigenvalue weighted by atomic mass is 32.1. The van der Waals surface area contributed by atoms with Crippen molar-refractivity contribution in [3.8, 4) is 11.4 Å². The first-order valence-corrected chi connectivity index (χ1v) is 6.91. The van der Waals surface area contributed by atoms with E-state index < -0.39 is 0 Å². The second kappa shape index (κ2) is 5.43. The maximum atomic E-state index is 5.36. The third-order valence-electron chi connectivity index (χ3n) is 3.38. The lowest BCUT2D eigenvalue weighted by Crippen LogP contribution is -2.03. The Morgan fingerprint density at radius 3 is 2.50 bits per heavy atom. The van der Waals surface area contributed by atoms with Crippen molar-refractivity contribution in [2.75, 3.05) is 0 Å². The van der Waals surface area contributed by atoms with E-state index in [1.165, 1.54) is 11.1 Å². The zero-order valence-corrected chi connectivity index (χ0v) is 12.0. The Labute approximate surface area is 122 Å². The third-order valence-corrected chi connectivity index (χ3v) is 3.69. The van der Waals surface area contributed by atoms with Gasteiger partial charge in [0.15, 0.2) is 10.6 Å². The van der Waals surface area contributed by atoms with Gasteiger partial charge in [0.1, 0.15) is 0 Å². The Morgan fingerprint density at radius 1 is 1.05 bits per heavy atom. The maximum absolute atomic E-state index is 5.36. The molecule has 3 aromatic rings. The van der Waals surface area contributed by atoms with Gasteiger partial charge in [-0.1, -0.05) is 54.6 Å². The van der Waals surface area contributed by atoms with Crippen molar-refractivity contribution in [1.82, 2.24) is 14.8 Å². The second-order valence-electron chi connectivity index (χ2n) is 4.73. The van der Waals surface area contributed by atoms with Crippen molar-refractivity contribution in [3.63, 3.8) is 0 Å². The van der Waals surface area contributed by atoms with Gasteiger partial charge in [0.2, 0.25) is 0 Å². The van der Waals surface area contributed by atoms with Crippen LogP contribution in [0.4, 0.5) is 0 Å². The number of benzene rings is 2.